The minimum Gasteiger partial charge on any atom is -0.477 e. The van der Waals surface area contributed by atoms with Gasteiger partial charge < -0.3 is 5.11 Å². The van der Waals surface area contributed by atoms with Gasteiger partial charge in [-0.25, -0.2) is 14.8 Å². The van der Waals surface area contributed by atoms with Crippen LogP contribution in [0.15, 0.2) is 29.1 Å². The Morgan fingerprint density at radius 2 is 2.17 bits per heavy atom. The molecular weight excluding hydrogens is 250 g/mol. The topological polar surface area (TPSA) is 66.3 Å². The molecule has 0 radical (unpaired) electrons. The lowest BCUT2D eigenvalue weighted by atomic mass is 10.3. The zero-order valence-electron chi connectivity index (χ0n) is 9.91. The van der Waals surface area contributed by atoms with Crippen LogP contribution in [0.5, 0.6) is 0 Å². The molecule has 1 N–H and O–H groups in total. The van der Waals surface area contributed by atoms with E-state index in [-0.39, 0.29) is 5.69 Å². The highest BCUT2D eigenvalue weighted by Crippen LogP contribution is 2.08. The highest BCUT2D eigenvalue weighted by atomic mass is 32.1. The van der Waals surface area contributed by atoms with Crippen molar-refractivity contribution < 1.29 is 9.90 Å². The molecule has 0 amide bonds. The summed E-state index contributed by atoms with van der Waals surface area (Å²) in [6.07, 6.45) is 0. The standard InChI is InChI=1S/C12H13N3O2S/c1-15(6-10-7-18-8-13-10)5-9-3-2-4-11(14-9)12(16)17/h2-4,7-8H,5-6H2,1H3,(H,16,17). The Morgan fingerprint density at radius 1 is 1.39 bits per heavy atom. The first-order chi connectivity index (χ1) is 8.65. The van der Waals surface area contributed by atoms with E-state index < -0.39 is 5.97 Å². The summed E-state index contributed by atoms with van der Waals surface area (Å²) >= 11 is 1.56. The second-order valence-corrected chi connectivity index (χ2v) is 4.69. The van der Waals surface area contributed by atoms with Crippen LogP contribution < -0.4 is 0 Å². The third kappa shape index (κ3) is 3.35. The van der Waals surface area contributed by atoms with E-state index in [0.717, 1.165) is 17.9 Å². The van der Waals surface area contributed by atoms with E-state index in [1.54, 1.807) is 22.9 Å². The molecular formula is C12H13N3O2S. The molecule has 2 rings (SSSR count). The number of carboxylic acids is 1. The first-order valence-electron chi connectivity index (χ1n) is 5.40. The molecule has 0 aliphatic heterocycles. The zero-order chi connectivity index (χ0) is 13.0. The van der Waals surface area contributed by atoms with Crippen molar-refractivity contribution in [1.82, 2.24) is 14.9 Å². The molecule has 2 aromatic rings. The van der Waals surface area contributed by atoms with Crippen LogP contribution in [0.25, 0.3) is 0 Å². The second kappa shape index (κ2) is 5.70. The van der Waals surface area contributed by atoms with Crippen LogP contribution >= 0.6 is 11.3 Å². The molecule has 94 valence electrons. The number of carbonyl (C=O) groups is 1. The van der Waals surface area contributed by atoms with Gasteiger partial charge in [-0.15, -0.1) is 11.3 Å². The molecule has 0 unspecified atom stereocenters. The van der Waals surface area contributed by atoms with E-state index in [2.05, 4.69) is 9.97 Å². The number of rotatable bonds is 5. The maximum Gasteiger partial charge on any atom is 0.354 e. The molecule has 0 fully saturated rings. The van der Waals surface area contributed by atoms with Crippen LogP contribution in [0.3, 0.4) is 0 Å². The third-order valence-electron chi connectivity index (χ3n) is 2.37. The van der Waals surface area contributed by atoms with Crippen molar-refractivity contribution in [2.75, 3.05) is 7.05 Å². The normalized spacial score (nSPS) is 10.8. The van der Waals surface area contributed by atoms with E-state index >= 15 is 0 Å². The SMILES string of the molecule is CN(Cc1cscn1)Cc1cccc(C(=O)O)n1. The molecule has 0 aliphatic carbocycles. The summed E-state index contributed by atoms with van der Waals surface area (Å²) in [4.78, 5) is 21.1. The van der Waals surface area contributed by atoms with Gasteiger partial charge in [-0.05, 0) is 19.2 Å². The average Bonchev–Trinajstić information content (AvgIpc) is 2.82. The summed E-state index contributed by atoms with van der Waals surface area (Å²) in [5.41, 5.74) is 3.63. The number of nitrogens with zero attached hydrogens (tertiary/aromatic N) is 3. The van der Waals surface area contributed by atoms with Crippen molar-refractivity contribution in [3.05, 3.63) is 46.2 Å². The summed E-state index contributed by atoms with van der Waals surface area (Å²) in [6.45, 7) is 1.32. The van der Waals surface area contributed by atoms with Gasteiger partial charge in [0.1, 0.15) is 5.69 Å². The summed E-state index contributed by atoms with van der Waals surface area (Å²) in [5.74, 6) is -1.00. The fourth-order valence-corrected chi connectivity index (χ4v) is 2.16. The van der Waals surface area contributed by atoms with Crippen molar-refractivity contribution >= 4 is 17.3 Å². The summed E-state index contributed by atoms with van der Waals surface area (Å²) in [5, 5.41) is 10.9. The van der Waals surface area contributed by atoms with E-state index in [9.17, 15) is 4.79 Å². The van der Waals surface area contributed by atoms with Crippen LogP contribution in [-0.4, -0.2) is 33.0 Å². The highest BCUT2D eigenvalue weighted by Gasteiger charge is 2.08. The van der Waals surface area contributed by atoms with Gasteiger partial charge >= 0.3 is 5.97 Å². The van der Waals surface area contributed by atoms with Gasteiger partial charge in [-0.1, -0.05) is 6.07 Å². The minimum absolute atomic E-state index is 0.0783. The monoisotopic (exact) mass is 263 g/mol. The molecule has 0 bridgehead atoms. The molecule has 0 saturated carbocycles. The molecule has 0 spiro atoms. The second-order valence-electron chi connectivity index (χ2n) is 3.97. The number of thiazole rings is 1. The Hall–Kier alpha value is -1.79. The lowest BCUT2D eigenvalue weighted by Gasteiger charge is -2.14. The smallest absolute Gasteiger partial charge is 0.354 e. The Morgan fingerprint density at radius 3 is 2.83 bits per heavy atom. The van der Waals surface area contributed by atoms with Gasteiger partial charge in [0.05, 0.1) is 16.9 Å². The molecule has 2 heterocycles. The molecule has 5 nitrogen and oxygen atoms in total. The number of aromatic carboxylic acids is 1. The van der Waals surface area contributed by atoms with Crippen LogP contribution in [0, 0.1) is 0 Å². The molecule has 0 aliphatic rings. The van der Waals surface area contributed by atoms with Crippen molar-refractivity contribution in [2.45, 2.75) is 13.1 Å². The number of carboxylic acid groups (broad SMARTS) is 1. The zero-order valence-corrected chi connectivity index (χ0v) is 10.7. The van der Waals surface area contributed by atoms with Gasteiger partial charge in [-0.3, -0.25) is 4.90 Å². The predicted octanol–water partition coefficient (Wildman–Crippen LogP) is 1.87. The van der Waals surface area contributed by atoms with Crippen molar-refractivity contribution in [2.24, 2.45) is 0 Å². The van der Waals surface area contributed by atoms with Crippen molar-refractivity contribution in [3.63, 3.8) is 0 Å². The fraction of sp³-hybridized carbons (Fsp3) is 0.250. The van der Waals surface area contributed by atoms with E-state index in [1.165, 1.54) is 6.07 Å². The fourth-order valence-electron chi connectivity index (χ4n) is 1.61. The van der Waals surface area contributed by atoms with E-state index in [4.69, 9.17) is 5.11 Å². The molecule has 18 heavy (non-hydrogen) atoms. The first-order valence-corrected chi connectivity index (χ1v) is 6.34. The van der Waals surface area contributed by atoms with Crippen molar-refractivity contribution in [1.29, 1.82) is 0 Å². The number of aromatic nitrogens is 2. The van der Waals surface area contributed by atoms with Crippen molar-refractivity contribution in [3.8, 4) is 0 Å². The first kappa shape index (κ1) is 12.7. The molecule has 0 saturated heterocycles. The Balaban J connectivity index is 2.00. The van der Waals surface area contributed by atoms with Crippen LogP contribution in [0.1, 0.15) is 21.9 Å². The summed E-state index contributed by atoms with van der Waals surface area (Å²) in [6, 6.07) is 5.03. The van der Waals surface area contributed by atoms with Crippen LogP contribution in [0.4, 0.5) is 0 Å². The van der Waals surface area contributed by atoms with Gasteiger partial charge in [0, 0.05) is 18.5 Å². The Labute approximate surface area is 109 Å². The maximum absolute atomic E-state index is 10.8. The lowest BCUT2D eigenvalue weighted by Crippen LogP contribution is -2.18. The summed E-state index contributed by atoms with van der Waals surface area (Å²) < 4.78 is 0. The number of hydrogen-bond acceptors (Lipinski definition) is 5. The molecule has 2 aromatic heterocycles. The number of pyridine rings is 1. The van der Waals surface area contributed by atoms with Gasteiger partial charge in [0.2, 0.25) is 0 Å². The Kier molecular flexibility index (Phi) is 4.01. The predicted molar refractivity (Wildman–Crippen MR) is 68.5 cm³/mol. The molecule has 0 atom stereocenters. The van der Waals surface area contributed by atoms with Crippen LogP contribution in [-0.2, 0) is 13.1 Å². The largest absolute Gasteiger partial charge is 0.477 e. The maximum atomic E-state index is 10.8. The van der Waals surface area contributed by atoms with Crippen LogP contribution in [0.2, 0.25) is 0 Å². The van der Waals surface area contributed by atoms with E-state index in [1.807, 2.05) is 23.4 Å². The molecule has 0 aromatic carbocycles. The van der Waals surface area contributed by atoms with E-state index in [0.29, 0.717) is 6.54 Å². The Bertz CT molecular complexity index is 528. The quantitative estimate of drug-likeness (QED) is 0.892. The average molecular weight is 263 g/mol. The lowest BCUT2D eigenvalue weighted by molar-refractivity contribution is 0.0690. The number of hydrogen-bond donors (Lipinski definition) is 1. The van der Waals surface area contributed by atoms with Gasteiger partial charge in [-0.2, -0.15) is 0 Å². The highest BCUT2D eigenvalue weighted by molar-refractivity contribution is 7.07. The summed E-state index contributed by atoms with van der Waals surface area (Å²) in [7, 11) is 1.95. The minimum atomic E-state index is -1.00. The van der Waals surface area contributed by atoms with Gasteiger partial charge in [0.25, 0.3) is 0 Å². The third-order valence-corrected chi connectivity index (χ3v) is 3.01. The molecule has 6 heteroatoms. The van der Waals surface area contributed by atoms with Gasteiger partial charge in [0.15, 0.2) is 0 Å².